The molecule has 0 fully saturated rings. The number of aromatic nitrogens is 2. The van der Waals surface area contributed by atoms with Gasteiger partial charge in [0.15, 0.2) is 0 Å². The molecule has 5 heteroatoms. The molecule has 0 bridgehead atoms. The molecule has 0 aliphatic carbocycles. The molecule has 1 aliphatic heterocycles. The molecular formula is C25H25N3O2. The third kappa shape index (κ3) is 3.21. The SMILES string of the molecule is CC1NCCc2c1c1ccc(-n3ccc(OCc4ccccc4)cc3=O)cc1n2C. The quantitative estimate of drug-likeness (QED) is 0.562. The zero-order valence-electron chi connectivity index (χ0n) is 17.3. The maximum absolute atomic E-state index is 12.8. The first kappa shape index (κ1) is 18.7. The van der Waals surface area contributed by atoms with Crippen LogP contribution in [0.2, 0.25) is 0 Å². The smallest absolute Gasteiger partial charge is 0.258 e. The lowest BCUT2D eigenvalue weighted by molar-refractivity contribution is 0.305. The Morgan fingerprint density at radius 3 is 2.73 bits per heavy atom. The second-order valence-corrected chi connectivity index (χ2v) is 7.89. The molecule has 1 aliphatic rings. The minimum absolute atomic E-state index is 0.103. The molecule has 2 aromatic heterocycles. The van der Waals surface area contributed by atoms with Gasteiger partial charge in [0.2, 0.25) is 0 Å². The van der Waals surface area contributed by atoms with Gasteiger partial charge < -0.3 is 14.6 Å². The Morgan fingerprint density at radius 1 is 1.10 bits per heavy atom. The van der Waals surface area contributed by atoms with Gasteiger partial charge in [-0.15, -0.1) is 0 Å². The second-order valence-electron chi connectivity index (χ2n) is 7.89. The minimum atomic E-state index is -0.103. The van der Waals surface area contributed by atoms with E-state index in [1.165, 1.54) is 16.6 Å². The van der Waals surface area contributed by atoms with Crippen LogP contribution in [0.1, 0.15) is 29.8 Å². The van der Waals surface area contributed by atoms with Crippen molar-refractivity contribution in [3.8, 4) is 11.4 Å². The van der Waals surface area contributed by atoms with Crippen LogP contribution in [0.15, 0.2) is 71.7 Å². The standard InChI is InChI=1S/C25H25N3O2/c1-17-25-21-9-8-19(14-23(21)27(2)22(25)10-12-26-17)28-13-11-20(15-24(28)29)30-16-18-6-4-3-5-7-18/h3-9,11,13-15,17,26H,10,12,16H2,1-2H3. The van der Waals surface area contributed by atoms with Crippen molar-refractivity contribution >= 4 is 10.9 Å². The molecule has 5 nitrogen and oxygen atoms in total. The van der Waals surface area contributed by atoms with Crippen molar-refractivity contribution in [2.24, 2.45) is 7.05 Å². The van der Waals surface area contributed by atoms with Crippen LogP contribution in [0.4, 0.5) is 0 Å². The number of benzene rings is 2. The van der Waals surface area contributed by atoms with Crippen LogP contribution in [0.3, 0.4) is 0 Å². The lowest BCUT2D eigenvalue weighted by Crippen LogP contribution is -2.28. The first-order chi connectivity index (χ1) is 14.6. The molecule has 0 amide bonds. The fourth-order valence-electron chi connectivity index (χ4n) is 4.46. The number of rotatable bonds is 4. The summed E-state index contributed by atoms with van der Waals surface area (Å²) in [5, 5.41) is 4.80. The first-order valence-corrected chi connectivity index (χ1v) is 10.4. The predicted molar refractivity (Wildman–Crippen MR) is 119 cm³/mol. The van der Waals surface area contributed by atoms with Crippen LogP contribution in [0.25, 0.3) is 16.6 Å². The Kier molecular flexibility index (Phi) is 4.68. The van der Waals surface area contributed by atoms with Crippen LogP contribution in [0.5, 0.6) is 5.75 Å². The van der Waals surface area contributed by atoms with Crippen LogP contribution >= 0.6 is 0 Å². The molecule has 0 radical (unpaired) electrons. The highest BCUT2D eigenvalue weighted by Gasteiger charge is 2.23. The van der Waals surface area contributed by atoms with Gasteiger partial charge in [-0.25, -0.2) is 0 Å². The van der Waals surface area contributed by atoms with Gasteiger partial charge in [-0.1, -0.05) is 36.4 Å². The largest absolute Gasteiger partial charge is 0.489 e. The van der Waals surface area contributed by atoms with Crippen LogP contribution in [0, 0.1) is 0 Å². The Bertz CT molecular complexity index is 1270. The summed E-state index contributed by atoms with van der Waals surface area (Å²) in [6.45, 7) is 3.65. The van der Waals surface area contributed by atoms with Crippen molar-refractivity contribution in [3.63, 3.8) is 0 Å². The molecule has 5 rings (SSSR count). The molecule has 1 N–H and O–H groups in total. The van der Waals surface area contributed by atoms with Crippen LogP contribution in [-0.4, -0.2) is 15.7 Å². The molecular weight excluding hydrogens is 374 g/mol. The van der Waals surface area contributed by atoms with E-state index >= 15 is 0 Å². The molecule has 2 aromatic carbocycles. The summed E-state index contributed by atoms with van der Waals surface area (Å²) < 4.78 is 9.74. The first-order valence-electron chi connectivity index (χ1n) is 10.4. The van der Waals surface area contributed by atoms with Crippen LogP contribution < -0.4 is 15.6 Å². The molecule has 1 atom stereocenters. The third-order valence-corrected chi connectivity index (χ3v) is 6.01. The van der Waals surface area contributed by atoms with Crippen molar-refractivity contribution in [3.05, 3.63) is 94.0 Å². The summed E-state index contributed by atoms with van der Waals surface area (Å²) >= 11 is 0. The van der Waals surface area contributed by atoms with E-state index < -0.39 is 0 Å². The van der Waals surface area contributed by atoms with Gasteiger partial charge in [0.25, 0.3) is 5.56 Å². The number of hydrogen-bond acceptors (Lipinski definition) is 3. The lowest BCUT2D eigenvalue weighted by Gasteiger charge is -2.22. The van der Waals surface area contributed by atoms with E-state index in [2.05, 4.69) is 36.0 Å². The molecule has 30 heavy (non-hydrogen) atoms. The van der Waals surface area contributed by atoms with Gasteiger partial charge in [0.05, 0.1) is 11.2 Å². The number of nitrogens with zero attached hydrogens (tertiary/aromatic N) is 2. The van der Waals surface area contributed by atoms with E-state index in [4.69, 9.17) is 4.74 Å². The minimum Gasteiger partial charge on any atom is -0.489 e. The average Bonchev–Trinajstić information content (AvgIpc) is 3.06. The monoisotopic (exact) mass is 399 g/mol. The van der Waals surface area contributed by atoms with E-state index in [0.717, 1.165) is 29.7 Å². The van der Waals surface area contributed by atoms with Gasteiger partial charge in [-0.3, -0.25) is 9.36 Å². The highest BCUT2D eigenvalue weighted by Crippen LogP contribution is 2.33. The Hall–Kier alpha value is -3.31. The number of aryl methyl sites for hydroxylation is 1. The fourth-order valence-corrected chi connectivity index (χ4v) is 4.46. The van der Waals surface area contributed by atoms with Gasteiger partial charge in [-0.2, -0.15) is 0 Å². The van der Waals surface area contributed by atoms with Crippen molar-refractivity contribution in [1.29, 1.82) is 0 Å². The van der Waals surface area contributed by atoms with Gasteiger partial charge in [0.1, 0.15) is 12.4 Å². The van der Waals surface area contributed by atoms with Gasteiger partial charge >= 0.3 is 0 Å². The highest BCUT2D eigenvalue weighted by molar-refractivity contribution is 5.88. The predicted octanol–water partition coefficient (Wildman–Crippen LogP) is 4.11. The summed E-state index contributed by atoms with van der Waals surface area (Å²) in [5.41, 5.74) is 5.75. The molecule has 1 unspecified atom stereocenters. The number of nitrogens with one attached hydrogen (secondary N) is 1. The summed E-state index contributed by atoms with van der Waals surface area (Å²) in [4.78, 5) is 12.8. The molecule has 152 valence electrons. The van der Waals surface area contributed by atoms with E-state index in [0.29, 0.717) is 18.4 Å². The normalized spacial score (nSPS) is 15.9. The summed E-state index contributed by atoms with van der Waals surface area (Å²) in [6, 6.07) is 19.9. The molecule has 0 spiro atoms. The van der Waals surface area contributed by atoms with Crippen molar-refractivity contribution in [2.45, 2.75) is 26.0 Å². The number of ether oxygens (including phenoxy) is 1. The van der Waals surface area contributed by atoms with Crippen molar-refractivity contribution in [1.82, 2.24) is 14.5 Å². The zero-order valence-corrected chi connectivity index (χ0v) is 17.3. The number of hydrogen-bond donors (Lipinski definition) is 1. The summed E-state index contributed by atoms with van der Waals surface area (Å²) in [6.07, 6.45) is 2.81. The topological polar surface area (TPSA) is 48.2 Å². The average molecular weight is 399 g/mol. The van der Waals surface area contributed by atoms with Crippen molar-refractivity contribution < 1.29 is 4.74 Å². The van der Waals surface area contributed by atoms with E-state index in [9.17, 15) is 4.79 Å². The van der Waals surface area contributed by atoms with E-state index in [1.54, 1.807) is 16.8 Å². The maximum atomic E-state index is 12.8. The summed E-state index contributed by atoms with van der Waals surface area (Å²) in [7, 11) is 2.12. The van der Waals surface area contributed by atoms with E-state index in [-0.39, 0.29) is 5.56 Å². The fraction of sp³-hybridized carbons (Fsp3) is 0.240. The lowest BCUT2D eigenvalue weighted by atomic mass is 9.99. The maximum Gasteiger partial charge on any atom is 0.258 e. The molecule has 0 saturated carbocycles. The van der Waals surface area contributed by atoms with Crippen LogP contribution in [-0.2, 0) is 20.1 Å². The number of pyridine rings is 1. The molecule has 0 saturated heterocycles. The summed E-state index contributed by atoms with van der Waals surface area (Å²) in [5.74, 6) is 0.579. The highest BCUT2D eigenvalue weighted by atomic mass is 16.5. The number of fused-ring (bicyclic) bond motifs is 3. The van der Waals surface area contributed by atoms with Gasteiger partial charge in [0, 0.05) is 49.4 Å². The Balaban J connectivity index is 1.47. The van der Waals surface area contributed by atoms with E-state index in [1.807, 2.05) is 42.5 Å². The second kappa shape index (κ2) is 7.50. The van der Waals surface area contributed by atoms with Gasteiger partial charge in [-0.05, 0) is 36.2 Å². The molecule has 4 aromatic rings. The Labute approximate surface area is 175 Å². The van der Waals surface area contributed by atoms with Crippen molar-refractivity contribution in [2.75, 3.05) is 6.54 Å². The third-order valence-electron chi connectivity index (χ3n) is 6.01. The Morgan fingerprint density at radius 2 is 1.93 bits per heavy atom. The zero-order chi connectivity index (χ0) is 20.7. The molecule has 3 heterocycles.